The average molecular weight is 221 g/mol. The summed E-state index contributed by atoms with van der Waals surface area (Å²) < 4.78 is 1.78. The van der Waals surface area contributed by atoms with Crippen molar-refractivity contribution in [2.45, 2.75) is 20.3 Å². The lowest BCUT2D eigenvalue weighted by Crippen LogP contribution is -2.26. The molecule has 1 unspecified atom stereocenters. The van der Waals surface area contributed by atoms with Gasteiger partial charge in [0, 0.05) is 20.6 Å². The van der Waals surface area contributed by atoms with Crippen LogP contribution in [-0.2, 0) is 13.5 Å². The minimum atomic E-state index is -0.0237. The highest BCUT2D eigenvalue weighted by Crippen LogP contribution is 2.25. The standard InChI is InChI=1S/C11H19N5/c1-5-9-10(13)11(16(4)14-9)15(3)7-8(2)6-12/h8H,5,7,13H2,1-4H3. The summed E-state index contributed by atoms with van der Waals surface area (Å²) in [5.41, 5.74) is 7.66. The Labute approximate surface area is 96.5 Å². The van der Waals surface area contributed by atoms with Gasteiger partial charge in [-0.15, -0.1) is 0 Å². The maximum Gasteiger partial charge on any atom is 0.150 e. The molecule has 0 aliphatic heterocycles. The summed E-state index contributed by atoms with van der Waals surface area (Å²) in [6.07, 6.45) is 0.821. The quantitative estimate of drug-likeness (QED) is 0.828. The van der Waals surface area contributed by atoms with Crippen molar-refractivity contribution in [1.29, 1.82) is 5.26 Å². The molecule has 0 aromatic carbocycles. The molecule has 0 aliphatic carbocycles. The summed E-state index contributed by atoms with van der Waals surface area (Å²) in [7, 11) is 3.80. The second kappa shape index (κ2) is 4.88. The van der Waals surface area contributed by atoms with E-state index in [0.717, 1.165) is 23.6 Å². The molecule has 0 bridgehead atoms. The Morgan fingerprint density at radius 2 is 2.25 bits per heavy atom. The predicted octanol–water partition coefficient (Wildman–Crippen LogP) is 1.16. The van der Waals surface area contributed by atoms with Gasteiger partial charge in [0.2, 0.25) is 0 Å². The van der Waals surface area contributed by atoms with Crippen LogP contribution in [0.4, 0.5) is 11.5 Å². The van der Waals surface area contributed by atoms with Crippen LogP contribution in [-0.4, -0.2) is 23.4 Å². The lowest BCUT2D eigenvalue weighted by molar-refractivity contribution is 0.673. The van der Waals surface area contributed by atoms with E-state index in [1.54, 1.807) is 4.68 Å². The van der Waals surface area contributed by atoms with Gasteiger partial charge in [-0.1, -0.05) is 6.92 Å². The third-order valence-electron chi connectivity index (χ3n) is 2.59. The van der Waals surface area contributed by atoms with Crippen LogP contribution in [0, 0.1) is 17.2 Å². The van der Waals surface area contributed by atoms with Crippen molar-refractivity contribution in [1.82, 2.24) is 9.78 Å². The monoisotopic (exact) mass is 221 g/mol. The van der Waals surface area contributed by atoms with Crippen molar-refractivity contribution in [2.24, 2.45) is 13.0 Å². The Kier molecular flexibility index (Phi) is 3.78. The summed E-state index contributed by atoms with van der Waals surface area (Å²) in [5.74, 6) is 0.864. The average Bonchev–Trinajstić information content (AvgIpc) is 2.53. The fourth-order valence-corrected chi connectivity index (χ4v) is 1.84. The molecule has 0 spiro atoms. The van der Waals surface area contributed by atoms with Gasteiger partial charge < -0.3 is 10.6 Å². The van der Waals surface area contributed by atoms with Gasteiger partial charge in [0.1, 0.15) is 5.82 Å². The van der Waals surface area contributed by atoms with Gasteiger partial charge in [-0.25, -0.2) is 0 Å². The van der Waals surface area contributed by atoms with Crippen molar-refractivity contribution in [3.63, 3.8) is 0 Å². The Balaban J connectivity index is 2.95. The Bertz CT molecular complexity index is 401. The maximum atomic E-state index is 8.79. The van der Waals surface area contributed by atoms with Gasteiger partial charge in [0.15, 0.2) is 0 Å². The Morgan fingerprint density at radius 3 is 2.69 bits per heavy atom. The van der Waals surface area contributed by atoms with E-state index >= 15 is 0 Å². The van der Waals surface area contributed by atoms with Gasteiger partial charge in [-0.2, -0.15) is 10.4 Å². The van der Waals surface area contributed by atoms with Gasteiger partial charge in [0.05, 0.1) is 23.4 Å². The number of anilines is 2. The molecular weight excluding hydrogens is 202 g/mol. The first-order valence-electron chi connectivity index (χ1n) is 5.43. The van der Waals surface area contributed by atoms with Crippen molar-refractivity contribution < 1.29 is 0 Å². The third-order valence-corrected chi connectivity index (χ3v) is 2.59. The van der Waals surface area contributed by atoms with E-state index in [-0.39, 0.29) is 5.92 Å². The van der Waals surface area contributed by atoms with E-state index in [1.165, 1.54) is 0 Å². The van der Waals surface area contributed by atoms with Gasteiger partial charge in [-0.3, -0.25) is 4.68 Å². The third kappa shape index (κ3) is 2.27. The van der Waals surface area contributed by atoms with E-state index < -0.39 is 0 Å². The molecule has 0 fully saturated rings. The highest BCUT2D eigenvalue weighted by Gasteiger charge is 2.16. The minimum absolute atomic E-state index is 0.0237. The molecule has 0 radical (unpaired) electrons. The van der Waals surface area contributed by atoms with Crippen LogP contribution in [0.3, 0.4) is 0 Å². The van der Waals surface area contributed by atoms with Crippen LogP contribution < -0.4 is 10.6 Å². The van der Waals surface area contributed by atoms with Crippen LogP contribution in [0.2, 0.25) is 0 Å². The van der Waals surface area contributed by atoms with Crippen LogP contribution in [0.1, 0.15) is 19.5 Å². The number of nitrogens with two attached hydrogens (primary N) is 1. The number of aromatic nitrogens is 2. The van der Waals surface area contributed by atoms with E-state index in [0.29, 0.717) is 6.54 Å². The van der Waals surface area contributed by atoms with E-state index in [1.807, 2.05) is 32.8 Å². The zero-order chi connectivity index (χ0) is 12.3. The van der Waals surface area contributed by atoms with Gasteiger partial charge in [0.25, 0.3) is 0 Å². The van der Waals surface area contributed by atoms with Crippen LogP contribution in [0.5, 0.6) is 0 Å². The molecule has 5 nitrogen and oxygen atoms in total. The van der Waals surface area contributed by atoms with Gasteiger partial charge >= 0.3 is 0 Å². The molecule has 1 rings (SSSR count). The first-order chi connectivity index (χ1) is 7.51. The van der Waals surface area contributed by atoms with Crippen molar-refractivity contribution in [2.75, 3.05) is 24.2 Å². The van der Waals surface area contributed by atoms with Gasteiger partial charge in [-0.05, 0) is 13.3 Å². The molecule has 1 heterocycles. The molecule has 2 N–H and O–H groups in total. The lowest BCUT2D eigenvalue weighted by Gasteiger charge is -2.20. The molecule has 5 heteroatoms. The molecule has 0 saturated carbocycles. The fraction of sp³-hybridized carbons (Fsp3) is 0.636. The lowest BCUT2D eigenvalue weighted by atomic mass is 10.2. The first kappa shape index (κ1) is 12.4. The first-order valence-corrected chi connectivity index (χ1v) is 5.43. The number of aryl methyl sites for hydroxylation is 2. The second-order valence-corrected chi connectivity index (χ2v) is 4.07. The predicted molar refractivity (Wildman–Crippen MR) is 65.0 cm³/mol. The molecule has 0 saturated heterocycles. The molecular formula is C11H19N5. The maximum absolute atomic E-state index is 8.79. The minimum Gasteiger partial charge on any atom is -0.394 e. The van der Waals surface area contributed by atoms with Crippen LogP contribution in [0.25, 0.3) is 0 Å². The smallest absolute Gasteiger partial charge is 0.150 e. The highest BCUT2D eigenvalue weighted by molar-refractivity contribution is 5.66. The van der Waals surface area contributed by atoms with Crippen molar-refractivity contribution >= 4 is 11.5 Å². The number of nitrogens with zero attached hydrogens (tertiary/aromatic N) is 4. The topological polar surface area (TPSA) is 70.9 Å². The number of rotatable bonds is 4. The summed E-state index contributed by atoms with van der Waals surface area (Å²) in [4.78, 5) is 1.98. The Hall–Kier alpha value is -1.70. The molecule has 88 valence electrons. The SMILES string of the molecule is CCc1nn(C)c(N(C)CC(C)C#N)c1N. The highest BCUT2D eigenvalue weighted by atomic mass is 15.4. The number of nitrogen functional groups attached to an aromatic ring is 1. The largest absolute Gasteiger partial charge is 0.394 e. The van der Waals surface area contributed by atoms with Crippen LogP contribution >= 0.6 is 0 Å². The molecule has 1 atom stereocenters. The van der Waals surface area contributed by atoms with E-state index in [9.17, 15) is 0 Å². The van der Waals surface area contributed by atoms with Crippen molar-refractivity contribution in [3.05, 3.63) is 5.69 Å². The van der Waals surface area contributed by atoms with Crippen molar-refractivity contribution in [3.8, 4) is 6.07 Å². The summed E-state index contributed by atoms with van der Waals surface area (Å²) in [6.45, 7) is 4.58. The van der Waals surface area contributed by atoms with E-state index in [2.05, 4.69) is 11.2 Å². The normalized spacial score (nSPS) is 12.2. The molecule has 1 aromatic rings. The van der Waals surface area contributed by atoms with E-state index in [4.69, 9.17) is 11.0 Å². The number of nitriles is 1. The number of hydrogen-bond acceptors (Lipinski definition) is 4. The fourth-order valence-electron chi connectivity index (χ4n) is 1.84. The zero-order valence-electron chi connectivity index (χ0n) is 10.4. The molecule has 1 aromatic heterocycles. The Morgan fingerprint density at radius 1 is 1.62 bits per heavy atom. The molecule has 0 aliphatic rings. The summed E-state index contributed by atoms with van der Waals surface area (Å²) in [6, 6.07) is 2.21. The van der Waals surface area contributed by atoms with Crippen LogP contribution in [0.15, 0.2) is 0 Å². The second-order valence-electron chi connectivity index (χ2n) is 4.07. The molecule has 0 amide bonds. The zero-order valence-corrected chi connectivity index (χ0v) is 10.4. The summed E-state index contributed by atoms with van der Waals surface area (Å²) >= 11 is 0. The molecule has 16 heavy (non-hydrogen) atoms. The summed E-state index contributed by atoms with van der Waals surface area (Å²) in [5, 5.41) is 13.1. The number of hydrogen-bond donors (Lipinski definition) is 1.